The van der Waals surface area contributed by atoms with Gasteiger partial charge in [-0.3, -0.25) is 19.2 Å². The standard InChI is InChI=1S/C19H22O5/c1-10-13-9-16(23)19(4)15(18(13,3)6-5-14(10)22)7-12(21)8-17(19)24-11(2)20/h7,9-10,17H,5-6,8H2,1-4H3/t10-,17-,18?,19?/m1/s1. The number of esters is 1. The van der Waals surface area contributed by atoms with Crippen LogP contribution < -0.4 is 0 Å². The molecule has 0 bridgehead atoms. The van der Waals surface area contributed by atoms with E-state index in [-0.39, 0.29) is 29.7 Å². The van der Waals surface area contributed by atoms with Crippen LogP contribution in [0, 0.1) is 16.7 Å². The van der Waals surface area contributed by atoms with Crippen LogP contribution in [0.5, 0.6) is 0 Å². The van der Waals surface area contributed by atoms with Gasteiger partial charge in [0.15, 0.2) is 11.6 Å². The van der Waals surface area contributed by atoms with Crippen LogP contribution in [0.4, 0.5) is 0 Å². The molecule has 0 heterocycles. The van der Waals surface area contributed by atoms with Gasteiger partial charge >= 0.3 is 5.97 Å². The summed E-state index contributed by atoms with van der Waals surface area (Å²) in [6, 6.07) is 0. The van der Waals surface area contributed by atoms with Gasteiger partial charge in [-0.15, -0.1) is 0 Å². The number of hydrogen-bond acceptors (Lipinski definition) is 5. The molecule has 0 aromatic heterocycles. The lowest BCUT2D eigenvalue weighted by atomic mass is 9.50. The van der Waals surface area contributed by atoms with Crippen LogP contribution >= 0.6 is 0 Å². The molecule has 0 aliphatic heterocycles. The first-order chi connectivity index (χ1) is 11.1. The average molecular weight is 330 g/mol. The van der Waals surface area contributed by atoms with Crippen molar-refractivity contribution in [3.8, 4) is 0 Å². The minimum atomic E-state index is -1.04. The SMILES string of the molecule is CC(=O)O[C@@H]1CC(=O)C=C2C3(C)CCC(=O)[C@H](C)C3=CC(=O)C21C. The molecule has 0 aromatic carbocycles. The minimum Gasteiger partial charge on any atom is -0.461 e. The monoisotopic (exact) mass is 330 g/mol. The van der Waals surface area contributed by atoms with Crippen LogP contribution in [0.15, 0.2) is 23.3 Å². The zero-order valence-electron chi connectivity index (χ0n) is 14.5. The van der Waals surface area contributed by atoms with Crippen molar-refractivity contribution in [1.82, 2.24) is 0 Å². The molecule has 0 radical (unpaired) electrons. The third-order valence-electron chi connectivity index (χ3n) is 6.05. The van der Waals surface area contributed by atoms with Crippen LogP contribution in [-0.4, -0.2) is 29.4 Å². The molecule has 1 fully saturated rings. The van der Waals surface area contributed by atoms with Crippen LogP contribution in [0.25, 0.3) is 0 Å². The number of fused-ring (bicyclic) bond motifs is 3. The molecular formula is C19H22O5. The predicted molar refractivity (Wildman–Crippen MR) is 86.0 cm³/mol. The first kappa shape index (κ1) is 16.8. The maximum absolute atomic E-state index is 13.0. The van der Waals surface area contributed by atoms with Crippen LogP contribution in [0.3, 0.4) is 0 Å². The predicted octanol–water partition coefficient (Wildman–Crippen LogP) is 2.34. The number of ketones is 3. The Balaban J connectivity index is 2.20. The lowest BCUT2D eigenvalue weighted by Crippen LogP contribution is -2.55. The molecule has 3 aliphatic carbocycles. The quantitative estimate of drug-likeness (QED) is 0.690. The summed E-state index contributed by atoms with van der Waals surface area (Å²) in [5, 5.41) is 0. The molecule has 1 saturated carbocycles. The van der Waals surface area contributed by atoms with Crippen molar-refractivity contribution in [3.05, 3.63) is 23.3 Å². The molecule has 0 saturated heterocycles. The number of ether oxygens (including phenoxy) is 1. The van der Waals surface area contributed by atoms with Crippen LogP contribution in [0.1, 0.15) is 47.0 Å². The van der Waals surface area contributed by atoms with E-state index in [1.807, 2.05) is 13.8 Å². The molecule has 0 amide bonds. The van der Waals surface area contributed by atoms with Crippen LogP contribution in [0.2, 0.25) is 0 Å². The summed E-state index contributed by atoms with van der Waals surface area (Å²) in [5.41, 5.74) is -0.0920. The van der Waals surface area contributed by atoms with E-state index in [9.17, 15) is 19.2 Å². The normalized spacial score (nSPS) is 38.8. The van der Waals surface area contributed by atoms with Gasteiger partial charge in [-0.25, -0.2) is 0 Å². The summed E-state index contributed by atoms with van der Waals surface area (Å²) in [6.07, 6.45) is 3.31. The Hall–Kier alpha value is -2.04. The molecule has 3 aliphatic rings. The van der Waals surface area contributed by atoms with Gasteiger partial charge in [-0.05, 0) is 36.6 Å². The highest BCUT2D eigenvalue weighted by molar-refractivity contribution is 6.06. The molecule has 4 atom stereocenters. The highest BCUT2D eigenvalue weighted by Gasteiger charge is 2.59. The Morgan fingerprint density at radius 3 is 2.50 bits per heavy atom. The van der Waals surface area contributed by atoms with Crippen molar-refractivity contribution in [1.29, 1.82) is 0 Å². The van der Waals surface area contributed by atoms with E-state index in [1.165, 1.54) is 6.92 Å². The largest absolute Gasteiger partial charge is 0.461 e. The Bertz CT molecular complexity index is 728. The third kappa shape index (κ3) is 2.14. The Morgan fingerprint density at radius 2 is 1.88 bits per heavy atom. The summed E-state index contributed by atoms with van der Waals surface area (Å²) < 4.78 is 5.36. The molecule has 5 heteroatoms. The molecular weight excluding hydrogens is 308 g/mol. The summed E-state index contributed by atoms with van der Waals surface area (Å²) in [7, 11) is 0. The maximum atomic E-state index is 13.0. The smallest absolute Gasteiger partial charge is 0.302 e. The van der Waals surface area contributed by atoms with Gasteiger partial charge in [0.05, 0.1) is 5.41 Å². The average Bonchev–Trinajstić information content (AvgIpc) is 2.49. The Labute approximate surface area is 141 Å². The van der Waals surface area contributed by atoms with Crippen molar-refractivity contribution in [2.45, 2.75) is 53.1 Å². The fourth-order valence-corrected chi connectivity index (χ4v) is 4.56. The van der Waals surface area contributed by atoms with E-state index in [4.69, 9.17) is 4.74 Å². The molecule has 3 rings (SSSR count). The second kappa shape index (κ2) is 5.23. The second-order valence-corrected chi connectivity index (χ2v) is 7.51. The Morgan fingerprint density at radius 1 is 1.21 bits per heavy atom. The topological polar surface area (TPSA) is 77.5 Å². The van der Waals surface area contributed by atoms with Crippen molar-refractivity contribution >= 4 is 23.3 Å². The van der Waals surface area contributed by atoms with Gasteiger partial charge in [-0.1, -0.05) is 13.8 Å². The van der Waals surface area contributed by atoms with Gasteiger partial charge in [0, 0.05) is 31.1 Å². The fraction of sp³-hybridized carbons (Fsp3) is 0.579. The molecule has 0 N–H and O–H groups in total. The van der Waals surface area contributed by atoms with Gasteiger partial charge in [0.1, 0.15) is 11.9 Å². The lowest BCUT2D eigenvalue weighted by molar-refractivity contribution is -0.157. The minimum absolute atomic E-state index is 0.0130. The fourth-order valence-electron chi connectivity index (χ4n) is 4.56. The number of allylic oxidation sites excluding steroid dienone is 3. The van der Waals surface area contributed by atoms with Gasteiger partial charge in [-0.2, -0.15) is 0 Å². The van der Waals surface area contributed by atoms with Crippen molar-refractivity contribution in [2.24, 2.45) is 16.7 Å². The van der Waals surface area contributed by atoms with Crippen LogP contribution in [-0.2, 0) is 23.9 Å². The highest BCUT2D eigenvalue weighted by atomic mass is 16.5. The first-order valence-electron chi connectivity index (χ1n) is 8.32. The number of rotatable bonds is 1. The van der Waals surface area contributed by atoms with E-state index in [0.717, 1.165) is 5.57 Å². The van der Waals surface area contributed by atoms with E-state index in [1.54, 1.807) is 19.1 Å². The van der Waals surface area contributed by atoms with E-state index in [2.05, 4.69) is 0 Å². The third-order valence-corrected chi connectivity index (χ3v) is 6.05. The summed E-state index contributed by atoms with van der Waals surface area (Å²) >= 11 is 0. The molecule has 0 aromatic rings. The Kier molecular flexibility index (Phi) is 3.66. The maximum Gasteiger partial charge on any atom is 0.302 e. The number of carbonyl (C=O) groups is 4. The summed E-state index contributed by atoms with van der Waals surface area (Å²) in [5.74, 6) is -1.05. The van der Waals surface area contributed by atoms with Crippen molar-refractivity contribution in [2.75, 3.05) is 0 Å². The zero-order valence-corrected chi connectivity index (χ0v) is 14.5. The number of carbonyl (C=O) groups excluding carboxylic acids is 4. The van der Waals surface area contributed by atoms with E-state index >= 15 is 0 Å². The molecule has 2 unspecified atom stereocenters. The van der Waals surface area contributed by atoms with Gasteiger partial charge < -0.3 is 4.74 Å². The number of hydrogen-bond donors (Lipinski definition) is 0. The van der Waals surface area contributed by atoms with Crippen molar-refractivity contribution < 1.29 is 23.9 Å². The molecule has 0 spiro atoms. The highest BCUT2D eigenvalue weighted by Crippen LogP contribution is 2.59. The van der Waals surface area contributed by atoms with E-state index in [0.29, 0.717) is 18.4 Å². The first-order valence-corrected chi connectivity index (χ1v) is 8.32. The summed E-state index contributed by atoms with van der Waals surface area (Å²) in [4.78, 5) is 48.8. The van der Waals surface area contributed by atoms with Crippen molar-refractivity contribution in [3.63, 3.8) is 0 Å². The van der Waals surface area contributed by atoms with E-state index < -0.39 is 22.9 Å². The lowest BCUT2D eigenvalue weighted by Gasteiger charge is -2.53. The zero-order chi connectivity index (χ0) is 17.9. The van der Waals surface area contributed by atoms with Gasteiger partial charge in [0.2, 0.25) is 0 Å². The molecule has 5 nitrogen and oxygen atoms in total. The van der Waals surface area contributed by atoms with Gasteiger partial charge in [0.25, 0.3) is 0 Å². The second-order valence-electron chi connectivity index (χ2n) is 7.51. The number of Topliss-reactive ketones (excluding diaryl/α,β-unsaturated/α-hetero) is 1. The molecule has 128 valence electrons. The summed E-state index contributed by atoms with van der Waals surface area (Å²) in [6.45, 7) is 6.84. The molecule has 24 heavy (non-hydrogen) atoms.